The van der Waals surface area contributed by atoms with E-state index < -0.39 is 5.92 Å². The van der Waals surface area contributed by atoms with Crippen molar-refractivity contribution in [3.8, 4) is 0 Å². The summed E-state index contributed by atoms with van der Waals surface area (Å²) in [6.07, 6.45) is 4.85. The quantitative estimate of drug-likeness (QED) is 0.0951. The number of primary amides is 1. The molecule has 0 radical (unpaired) electrons. The monoisotopic (exact) mass is 629 g/mol. The van der Waals surface area contributed by atoms with Crippen molar-refractivity contribution in [3.05, 3.63) is 0 Å². The number of carbonyl (C=O) groups is 6. The van der Waals surface area contributed by atoms with Crippen LogP contribution in [-0.4, -0.2) is 101 Å². The Labute approximate surface area is 262 Å². The summed E-state index contributed by atoms with van der Waals surface area (Å²) in [5, 5.41) is 5.56. The van der Waals surface area contributed by atoms with Gasteiger partial charge < -0.3 is 35.3 Å². The smallest absolute Gasteiger partial charge is 0.223 e. The topological polar surface area (TPSA) is 189 Å². The van der Waals surface area contributed by atoms with Crippen LogP contribution in [0.2, 0.25) is 0 Å². The number of nitrogens with one attached hydrogen (secondary N) is 2. The SMILES string of the molecule is CC[C@@H](CCCCNC(=O)[C@H](C)CC(=O)CCCC(=O)NCCOCCOCC(=O)CCCOCCOCC(C)=O)C(N)=O. The summed E-state index contributed by atoms with van der Waals surface area (Å²) in [7, 11) is 0. The number of Topliss-reactive ketones (excluding diaryl/α,β-unsaturated/α-hetero) is 3. The van der Waals surface area contributed by atoms with Crippen molar-refractivity contribution in [3.63, 3.8) is 0 Å². The normalized spacial score (nSPS) is 12.3. The van der Waals surface area contributed by atoms with E-state index in [0.717, 1.165) is 12.8 Å². The molecule has 0 spiro atoms. The van der Waals surface area contributed by atoms with Crippen molar-refractivity contribution in [2.24, 2.45) is 17.6 Å². The van der Waals surface area contributed by atoms with Gasteiger partial charge in [-0.15, -0.1) is 0 Å². The Balaban J connectivity index is 3.64. The van der Waals surface area contributed by atoms with Crippen LogP contribution in [-0.2, 0) is 47.7 Å². The fraction of sp³-hybridized carbons (Fsp3) is 0.806. The van der Waals surface area contributed by atoms with Gasteiger partial charge in [0.2, 0.25) is 17.7 Å². The largest absolute Gasteiger partial charge is 0.379 e. The number of ketones is 3. The molecular weight excluding hydrogens is 574 g/mol. The van der Waals surface area contributed by atoms with Gasteiger partial charge in [-0.1, -0.05) is 20.3 Å². The molecule has 0 aliphatic heterocycles. The molecular formula is C31H55N3O10. The molecule has 0 heterocycles. The van der Waals surface area contributed by atoms with E-state index in [-0.39, 0.29) is 80.1 Å². The van der Waals surface area contributed by atoms with Gasteiger partial charge in [0, 0.05) is 57.2 Å². The number of carbonyl (C=O) groups excluding carboxylic acids is 6. The van der Waals surface area contributed by atoms with Crippen LogP contribution in [0.1, 0.15) is 85.0 Å². The molecule has 0 saturated carbocycles. The maximum absolute atomic E-state index is 12.2. The molecule has 0 aromatic heterocycles. The van der Waals surface area contributed by atoms with Gasteiger partial charge in [-0.2, -0.15) is 0 Å². The maximum atomic E-state index is 12.2. The third-order valence-corrected chi connectivity index (χ3v) is 6.64. The first-order valence-electron chi connectivity index (χ1n) is 15.7. The maximum Gasteiger partial charge on any atom is 0.223 e. The predicted octanol–water partition coefficient (Wildman–Crippen LogP) is 1.67. The summed E-state index contributed by atoms with van der Waals surface area (Å²) in [5.41, 5.74) is 5.34. The van der Waals surface area contributed by atoms with Gasteiger partial charge in [-0.05, 0) is 39.0 Å². The third kappa shape index (κ3) is 25.7. The number of hydrogen-bond acceptors (Lipinski definition) is 10. The highest BCUT2D eigenvalue weighted by atomic mass is 16.5. The summed E-state index contributed by atoms with van der Waals surface area (Å²) in [5.74, 6) is -1.34. The number of unbranched alkanes of at least 4 members (excludes halogenated alkanes) is 1. The van der Waals surface area contributed by atoms with Crippen molar-refractivity contribution in [2.45, 2.75) is 85.0 Å². The molecule has 0 aromatic carbocycles. The van der Waals surface area contributed by atoms with Crippen LogP contribution in [0.3, 0.4) is 0 Å². The van der Waals surface area contributed by atoms with Gasteiger partial charge in [0.05, 0.1) is 33.0 Å². The van der Waals surface area contributed by atoms with Crippen LogP contribution >= 0.6 is 0 Å². The second-order valence-corrected chi connectivity index (χ2v) is 10.8. The number of hydrogen-bond donors (Lipinski definition) is 3. The van der Waals surface area contributed by atoms with E-state index in [1.807, 2.05) is 6.92 Å². The minimum Gasteiger partial charge on any atom is -0.379 e. The van der Waals surface area contributed by atoms with E-state index in [2.05, 4.69) is 10.6 Å². The van der Waals surface area contributed by atoms with Gasteiger partial charge in [-0.3, -0.25) is 28.8 Å². The molecule has 13 heteroatoms. The first-order chi connectivity index (χ1) is 21.1. The van der Waals surface area contributed by atoms with Gasteiger partial charge in [0.15, 0.2) is 11.6 Å². The van der Waals surface area contributed by atoms with Crippen LogP contribution in [0, 0.1) is 11.8 Å². The summed E-state index contributed by atoms with van der Waals surface area (Å²) in [6, 6.07) is 0. The molecule has 13 nitrogen and oxygen atoms in total. The third-order valence-electron chi connectivity index (χ3n) is 6.64. The van der Waals surface area contributed by atoms with Crippen LogP contribution in [0.5, 0.6) is 0 Å². The highest BCUT2D eigenvalue weighted by molar-refractivity contribution is 5.87. The second kappa shape index (κ2) is 27.8. The number of nitrogens with two attached hydrogens (primary N) is 1. The standard InChI is InChI=1S/C31H55N3O10/c1-4-26(30(32)39)9-5-6-13-34-31(40)24(2)21-27(36)10-7-12-29(38)33-14-16-42-18-20-44-23-28(37)11-8-15-41-17-19-43-22-25(3)35/h24,26H,4-23H2,1-3H3,(H2,32,39)(H,33,38)(H,34,40)/t24-,26+/m1/s1. The molecule has 0 rings (SSSR count). The zero-order chi connectivity index (χ0) is 33.0. The first kappa shape index (κ1) is 41.3. The van der Waals surface area contributed by atoms with E-state index in [1.54, 1.807) is 6.92 Å². The van der Waals surface area contributed by atoms with Gasteiger partial charge in [-0.25, -0.2) is 0 Å². The predicted molar refractivity (Wildman–Crippen MR) is 164 cm³/mol. The van der Waals surface area contributed by atoms with E-state index in [1.165, 1.54) is 6.92 Å². The van der Waals surface area contributed by atoms with E-state index in [4.69, 9.17) is 24.7 Å². The summed E-state index contributed by atoms with van der Waals surface area (Å²) >= 11 is 0. The van der Waals surface area contributed by atoms with E-state index >= 15 is 0 Å². The number of rotatable bonds is 31. The number of amides is 3. The second-order valence-electron chi connectivity index (χ2n) is 10.8. The fourth-order valence-electron chi connectivity index (χ4n) is 4.07. The molecule has 2 atom stereocenters. The van der Waals surface area contributed by atoms with Crippen LogP contribution in [0.25, 0.3) is 0 Å². The molecule has 4 N–H and O–H groups in total. The number of ether oxygens (including phenoxy) is 4. The van der Waals surface area contributed by atoms with Crippen LogP contribution in [0.15, 0.2) is 0 Å². The van der Waals surface area contributed by atoms with Crippen molar-refractivity contribution >= 4 is 35.1 Å². The molecule has 3 amide bonds. The fourth-order valence-corrected chi connectivity index (χ4v) is 4.07. The van der Waals surface area contributed by atoms with Crippen LogP contribution in [0.4, 0.5) is 0 Å². The molecule has 0 fully saturated rings. The van der Waals surface area contributed by atoms with E-state index in [9.17, 15) is 28.8 Å². The lowest BCUT2D eigenvalue weighted by Crippen LogP contribution is -2.31. The highest BCUT2D eigenvalue weighted by Crippen LogP contribution is 2.12. The molecule has 0 aromatic rings. The molecule has 0 aliphatic carbocycles. The molecule has 0 unspecified atom stereocenters. The summed E-state index contributed by atoms with van der Waals surface area (Å²) in [6.45, 7) is 7.98. The minimum absolute atomic E-state index is 0.00312. The molecule has 44 heavy (non-hydrogen) atoms. The van der Waals surface area contributed by atoms with E-state index in [0.29, 0.717) is 78.2 Å². The Morgan fingerprint density at radius 1 is 0.682 bits per heavy atom. The molecule has 0 saturated heterocycles. The Hall–Kier alpha value is -2.74. The van der Waals surface area contributed by atoms with Gasteiger partial charge in [0.25, 0.3) is 0 Å². The lowest BCUT2D eigenvalue weighted by molar-refractivity contribution is -0.129. The Morgan fingerprint density at radius 2 is 1.32 bits per heavy atom. The van der Waals surface area contributed by atoms with Crippen LogP contribution < -0.4 is 16.4 Å². The zero-order valence-corrected chi connectivity index (χ0v) is 27.0. The van der Waals surface area contributed by atoms with Gasteiger partial charge in [0.1, 0.15) is 19.0 Å². The summed E-state index contributed by atoms with van der Waals surface area (Å²) in [4.78, 5) is 70.2. The van der Waals surface area contributed by atoms with Crippen molar-refractivity contribution < 1.29 is 47.7 Å². The Morgan fingerprint density at radius 3 is 1.98 bits per heavy atom. The lowest BCUT2D eigenvalue weighted by Gasteiger charge is -2.13. The highest BCUT2D eigenvalue weighted by Gasteiger charge is 2.17. The molecule has 254 valence electrons. The molecule has 0 bridgehead atoms. The Bertz CT molecular complexity index is 853. The lowest BCUT2D eigenvalue weighted by atomic mass is 9.98. The van der Waals surface area contributed by atoms with Gasteiger partial charge >= 0.3 is 0 Å². The average molecular weight is 630 g/mol. The summed E-state index contributed by atoms with van der Waals surface area (Å²) < 4.78 is 21.1. The Kier molecular flexibility index (Phi) is 26.1. The average Bonchev–Trinajstić information content (AvgIpc) is 2.97. The minimum atomic E-state index is -0.444. The van der Waals surface area contributed by atoms with Crippen molar-refractivity contribution in [1.29, 1.82) is 0 Å². The molecule has 0 aliphatic rings. The zero-order valence-electron chi connectivity index (χ0n) is 27.0. The van der Waals surface area contributed by atoms with Crippen molar-refractivity contribution in [2.75, 3.05) is 65.9 Å². The van der Waals surface area contributed by atoms with Crippen molar-refractivity contribution in [1.82, 2.24) is 10.6 Å². The first-order valence-corrected chi connectivity index (χ1v) is 15.7.